The van der Waals surface area contributed by atoms with Gasteiger partial charge in [0.1, 0.15) is 5.69 Å². The number of nitrogens with one attached hydrogen (secondary N) is 1. The van der Waals surface area contributed by atoms with Gasteiger partial charge in [-0.25, -0.2) is 0 Å². The van der Waals surface area contributed by atoms with E-state index < -0.39 is 0 Å². The lowest BCUT2D eigenvalue weighted by Gasteiger charge is -2.00. The normalized spacial score (nSPS) is 11.1. The van der Waals surface area contributed by atoms with Crippen molar-refractivity contribution in [3.63, 3.8) is 0 Å². The fourth-order valence-electron chi connectivity index (χ4n) is 0.727. The Morgan fingerprint density at radius 3 is 3.00 bits per heavy atom. The first-order valence-corrected chi connectivity index (χ1v) is 5.53. The summed E-state index contributed by atoms with van der Waals surface area (Å²) in [6.07, 6.45) is 3.51. The second-order valence-electron chi connectivity index (χ2n) is 2.41. The first-order chi connectivity index (χ1) is 6.74. The molecule has 1 aromatic heterocycles. The molecule has 74 valence electrons. The summed E-state index contributed by atoms with van der Waals surface area (Å²) in [4.78, 5) is 0. The van der Waals surface area contributed by atoms with Gasteiger partial charge in [0.2, 0.25) is 0 Å². The molecule has 0 saturated carbocycles. The minimum Gasteiger partial charge on any atom is -0.262 e. The van der Waals surface area contributed by atoms with E-state index >= 15 is 0 Å². The highest BCUT2D eigenvalue weighted by molar-refractivity contribution is 8.22. The smallest absolute Gasteiger partial charge is 0.153 e. The van der Waals surface area contributed by atoms with Gasteiger partial charge in [-0.05, 0) is 25.3 Å². The summed E-state index contributed by atoms with van der Waals surface area (Å²) in [6, 6.07) is 3.66. The van der Waals surface area contributed by atoms with Gasteiger partial charge < -0.3 is 0 Å². The van der Waals surface area contributed by atoms with Gasteiger partial charge in [-0.1, -0.05) is 24.0 Å². The van der Waals surface area contributed by atoms with Gasteiger partial charge >= 0.3 is 0 Å². The molecule has 0 bridgehead atoms. The van der Waals surface area contributed by atoms with Crippen LogP contribution in [0.5, 0.6) is 0 Å². The van der Waals surface area contributed by atoms with Gasteiger partial charge in [0.15, 0.2) is 4.32 Å². The number of hydrazone groups is 1. The number of thiocarbonyl (C=S) groups is 1. The van der Waals surface area contributed by atoms with Crippen molar-refractivity contribution in [1.29, 1.82) is 0 Å². The molecular weight excluding hydrogens is 216 g/mol. The molecule has 0 unspecified atom stereocenters. The van der Waals surface area contributed by atoms with E-state index in [-0.39, 0.29) is 0 Å². The van der Waals surface area contributed by atoms with Crippen molar-refractivity contribution >= 4 is 34.0 Å². The van der Waals surface area contributed by atoms with Gasteiger partial charge in [-0.2, -0.15) is 10.2 Å². The Morgan fingerprint density at radius 2 is 2.43 bits per heavy atom. The molecule has 6 heteroatoms. The van der Waals surface area contributed by atoms with Crippen molar-refractivity contribution in [3.05, 3.63) is 24.0 Å². The van der Waals surface area contributed by atoms with Crippen molar-refractivity contribution in [1.82, 2.24) is 15.6 Å². The quantitative estimate of drug-likeness (QED) is 0.470. The molecule has 4 nitrogen and oxygen atoms in total. The van der Waals surface area contributed by atoms with Crippen molar-refractivity contribution < 1.29 is 0 Å². The van der Waals surface area contributed by atoms with E-state index in [9.17, 15) is 0 Å². The van der Waals surface area contributed by atoms with Crippen LogP contribution in [-0.2, 0) is 0 Å². The lowest BCUT2D eigenvalue weighted by atomic mass is 10.3. The van der Waals surface area contributed by atoms with E-state index in [1.807, 2.05) is 25.3 Å². The lowest BCUT2D eigenvalue weighted by molar-refractivity contribution is 0.996. The van der Waals surface area contributed by atoms with E-state index in [0.29, 0.717) is 4.32 Å². The van der Waals surface area contributed by atoms with Gasteiger partial charge in [-0.3, -0.25) is 5.43 Å². The van der Waals surface area contributed by atoms with Crippen LogP contribution in [-0.4, -0.2) is 26.5 Å². The summed E-state index contributed by atoms with van der Waals surface area (Å²) in [5.74, 6) is 0. The van der Waals surface area contributed by atoms with E-state index in [2.05, 4.69) is 20.7 Å². The van der Waals surface area contributed by atoms with Gasteiger partial charge in [-0.15, -0.1) is 5.10 Å². The molecule has 0 aliphatic heterocycles. The van der Waals surface area contributed by atoms with Gasteiger partial charge in [0.05, 0.1) is 5.71 Å². The Bertz CT molecular complexity index is 336. The van der Waals surface area contributed by atoms with E-state index in [1.165, 1.54) is 11.8 Å². The highest BCUT2D eigenvalue weighted by Crippen LogP contribution is 1.96. The SMILES string of the molecule is CSC(=S)N/N=C(\C)c1cccnn1. The molecule has 0 atom stereocenters. The maximum Gasteiger partial charge on any atom is 0.153 e. The minimum atomic E-state index is 0.633. The predicted molar refractivity (Wildman–Crippen MR) is 63.5 cm³/mol. The van der Waals surface area contributed by atoms with E-state index in [1.54, 1.807) is 6.20 Å². The van der Waals surface area contributed by atoms with Crippen LogP contribution in [0.4, 0.5) is 0 Å². The molecule has 0 radical (unpaired) electrons. The second kappa shape index (κ2) is 5.66. The Kier molecular flexibility index (Phi) is 4.48. The summed E-state index contributed by atoms with van der Waals surface area (Å²) < 4.78 is 0.633. The topological polar surface area (TPSA) is 50.2 Å². The molecule has 1 aromatic rings. The summed E-state index contributed by atoms with van der Waals surface area (Å²) in [5.41, 5.74) is 4.24. The van der Waals surface area contributed by atoms with Crippen LogP contribution in [0.3, 0.4) is 0 Å². The van der Waals surface area contributed by atoms with Crippen LogP contribution in [0, 0.1) is 0 Å². The Labute approximate surface area is 92.2 Å². The predicted octanol–water partition coefficient (Wildman–Crippen LogP) is 1.44. The number of aromatic nitrogens is 2. The van der Waals surface area contributed by atoms with Crippen LogP contribution < -0.4 is 5.43 Å². The first-order valence-electron chi connectivity index (χ1n) is 3.90. The Hall–Kier alpha value is -1.01. The standard InChI is InChI=1S/C8H10N4S2/c1-6(10-12-8(13)14-2)7-4-3-5-9-11-7/h3-5H,1-2H3,(H,12,13)/b10-6+. The average Bonchev–Trinajstić information content (AvgIpc) is 2.26. The number of thioether (sulfide) groups is 1. The number of rotatable bonds is 2. The van der Waals surface area contributed by atoms with E-state index in [4.69, 9.17) is 12.2 Å². The van der Waals surface area contributed by atoms with Crippen LogP contribution in [0.25, 0.3) is 0 Å². The molecule has 1 rings (SSSR count). The summed E-state index contributed by atoms with van der Waals surface area (Å²) in [5, 5.41) is 11.7. The average molecular weight is 226 g/mol. The summed E-state index contributed by atoms with van der Waals surface area (Å²) in [7, 11) is 0. The number of hydrogen-bond acceptors (Lipinski definition) is 5. The molecule has 0 saturated heterocycles. The molecule has 1 N–H and O–H groups in total. The van der Waals surface area contributed by atoms with Gasteiger partial charge in [0, 0.05) is 6.20 Å². The van der Waals surface area contributed by atoms with Crippen molar-refractivity contribution in [3.8, 4) is 0 Å². The molecule has 0 aliphatic carbocycles. The first kappa shape index (κ1) is 11.1. The third-order valence-electron chi connectivity index (χ3n) is 1.44. The molecule has 1 heterocycles. The fraction of sp³-hybridized carbons (Fsp3) is 0.250. The molecule has 0 amide bonds. The Morgan fingerprint density at radius 1 is 1.64 bits per heavy atom. The molecule has 0 aliphatic rings. The zero-order chi connectivity index (χ0) is 10.4. The molecule has 0 aromatic carbocycles. The zero-order valence-corrected chi connectivity index (χ0v) is 9.52. The molecular formula is C8H10N4S2. The summed E-state index contributed by atoms with van der Waals surface area (Å²) in [6.45, 7) is 1.85. The minimum absolute atomic E-state index is 0.633. The van der Waals surface area contributed by atoms with Crippen molar-refractivity contribution in [2.45, 2.75) is 6.92 Å². The van der Waals surface area contributed by atoms with Crippen LogP contribution in [0.1, 0.15) is 12.6 Å². The summed E-state index contributed by atoms with van der Waals surface area (Å²) >= 11 is 6.37. The van der Waals surface area contributed by atoms with Crippen molar-refractivity contribution in [2.75, 3.05) is 6.26 Å². The van der Waals surface area contributed by atoms with Crippen molar-refractivity contribution in [2.24, 2.45) is 5.10 Å². The van der Waals surface area contributed by atoms with Crippen LogP contribution in [0.2, 0.25) is 0 Å². The monoisotopic (exact) mass is 226 g/mol. The lowest BCUT2D eigenvalue weighted by Crippen LogP contribution is -2.14. The van der Waals surface area contributed by atoms with Gasteiger partial charge in [0.25, 0.3) is 0 Å². The van der Waals surface area contributed by atoms with Crippen LogP contribution >= 0.6 is 24.0 Å². The zero-order valence-electron chi connectivity index (χ0n) is 7.89. The second-order valence-corrected chi connectivity index (χ2v) is 3.89. The third-order valence-corrected chi connectivity index (χ3v) is 2.50. The molecule has 14 heavy (non-hydrogen) atoms. The van der Waals surface area contributed by atoms with Crippen LogP contribution in [0.15, 0.2) is 23.4 Å². The molecule has 0 spiro atoms. The maximum absolute atomic E-state index is 4.93. The Balaban J connectivity index is 2.66. The highest BCUT2D eigenvalue weighted by Gasteiger charge is 1.98. The highest BCUT2D eigenvalue weighted by atomic mass is 32.2. The fourth-order valence-corrected chi connectivity index (χ4v) is 0.909. The largest absolute Gasteiger partial charge is 0.262 e. The third kappa shape index (κ3) is 3.39. The maximum atomic E-state index is 4.93. The number of hydrogen-bond donors (Lipinski definition) is 1. The number of nitrogens with zero attached hydrogens (tertiary/aromatic N) is 3. The molecule has 0 fully saturated rings. The van der Waals surface area contributed by atoms with E-state index in [0.717, 1.165) is 11.4 Å².